The van der Waals surface area contributed by atoms with E-state index in [0.29, 0.717) is 13.0 Å². The summed E-state index contributed by atoms with van der Waals surface area (Å²) < 4.78 is 0. The molecule has 2 N–H and O–H groups in total. The summed E-state index contributed by atoms with van der Waals surface area (Å²) in [5, 5.41) is 6.17. The molecular weight excluding hydrogens is 212 g/mol. The lowest BCUT2D eigenvalue weighted by atomic mass is 10.1. The van der Waals surface area contributed by atoms with Gasteiger partial charge in [-0.25, -0.2) is 0 Å². The van der Waals surface area contributed by atoms with E-state index in [-0.39, 0.29) is 11.9 Å². The minimum Gasteiger partial charge on any atom is -0.384 e. The zero-order chi connectivity index (χ0) is 12.8. The van der Waals surface area contributed by atoms with Gasteiger partial charge >= 0.3 is 0 Å². The minimum absolute atomic E-state index is 0.0952. The van der Waals surface area contributed by atoms with Gasteiger partial charge in [0.2, 0.25) is 5.91 Å². The van der Waals surface area contributed by atoms with Crippen molar-refractivity contribution in [2.24, 2.45) is 0 Å². The van der Waals surface area contributed by atoms with Crippen molar-refractivity contribution in [3.05, 3.63) is 29.3 Å². The molecule has 0 aliphatic carbocycles. The molecule has 0 saturated heterocycles. The molecule has 17 heavy (non-hydrogen) atoms. The summed E-state index contributed by atoms with van der Waals surface area (Å²) in [5.41, 5.74) is 3.55. The molecule has 1 aromatic rings. The number of anilines is 1. The molecule has 0 aromatic heterocycles. The van der Waals surface area contributed by atoms with Gasteiger partial charge in [0.1, 0.15) is 0 Å². The van der Waals surface area contributed by atoms with Crippen LogP contribution >= 0.6 is 0 Å². The first-order valence-corrected chi connectivity index (χ1v) is 6.09. The van der Waals surface area contributed by atoms with Gasteiger partial charge in [-0.1, -0.05) is 12.1 Å². The number of hydrogen-bond acceptors (Lipinski definition) is 2. The third-order valence-corrected chi connectivity index (χ3v) is 2.51. The standard InChI is InChI=1S/C14H22N2O/c1-10(2)16-14(17)7-8-15-13-9-11(3)5-6-12(13)4/h5-6,9-10,15H,7-8H2,1-4H3,(H,16,17). The summed E-state index contributed by atoms with van der Waals surface area (Å²) in [6.07, 6.45) is 0.506. The van der Waals surface area contributed by atoms with E-state index >= 15 is 0 Å². The first-order valence-electron chi connectivity index (χ1n) is 6.09. The predicted molar refractivity (Wildman–Crippen MR) is 72.3 cm³/mol. The molecule has 1 rings (SSSR count). The van der Waals surface area contributed by atoms with E-state index in [2.05, 4.69) is 42.7 Å². The van der Waals surface area contributed by atoms with Crippen LogP contribution in [0.2, 0.25) is 0 Å². The first-order chi connectivity index (χ1) is 7.99. The van der Waals surface area contributed by atoms with Gasteiger partial charge in [0.25, 0.3) is 0 Å². The van der Waals surface area contributed by atoms with Crippen LogP contribution < -0.4 is 10.6 Å². The summed E-state index contributed by atoms with van der Waals surface area (Å²) in [5.74, 6) is 0.0952. The number of carbonyl (C=O) groups is 1. The highest BCUT2D eigenvalue weighted by molar-refractivity contribution is 5.76. The number of nitrogens with one attached hydrogen (secondary N) is 2. The highest BCUT2D eigenvalue weighted by Crippen LogP contribution is 2.15. The summed E-state index contributed by atoms with van der Waals surface area (Å²) in [7, 11) is 0. The maximum absolute atomic E-state index is 11.4. The number of hydrogen-bond donors (Lipinski definition) is 2. The van der Waals surface area contributed by atoms with Gasteiger partial charge in [-0.3, -0.25) is 4.79 Å². The highest BCUT2D eigenvalue weighted by atomic mass is 16.1. The molecule has 0 aliphatic heterocycles. The normalized spacial score (nSPS) is 10.4. The van der Waals surface area contributed by atoms with Gasteiger partial charge in [0.15, 0.2) is 0 Å². The Balaban J connectivity index is 2.40. The Labute approximate surface area is 104 Å². The maximum atomic E-state index is 11.4. The summed E-state index contributed by atoms with van der Waals surface area (Å²) in [6.45, 7) is 8.74. The molecule has 1 amide bonds. The van der Waals surface area contributed by atoms with Crippen molar-refractivity contribution in [2.75, 3.05) is 11.9 Å². The molecule has 3 heteroatoms. The van der Waals surface area contributed by atoms with E-state index < -0.39 is 0 Å². The summed E-state index contributed by atoms with van der Waals surface area (Å²) >= 11 is 0. The molecule has 0 heterocycles. The molecule has 0 unspecified atom stereocenters. The molecule has 1 aromatic carbocycles. The van der Waals surface area contributed by atoms with Crippen LogP contribution in [-0.4, -0.2) is 18.5 Å². The topological polar surface area (TPSA) is 41.1 Å². The van der Waals surface area contributed by atoms with Crippen molar-refractivity contribution >= 4 is 11.6 Å². The molecule has 94 valence electrons. The van der Waals surface area contributed by atoms with E-state index in [4.69, 9.17) is 0 Å². The molecule has 3 nitrogen and oxygen atoms in total. The zero-order valence-corrected chi connectivity index (χ0v) is 11.1. The SMILES string of the molecule is Cc1ccc(C)c(NCCC(=O)NC(C)C)c1. The Bertz CT molecular complexity index is 386. The third kappa shape index (κ3) is 4.89. The summed E-state index contributed by atoms with van der Waals surface area (Å²) in [4.78, 5) is 11.4. The van der Waals surface area contributed by atoms with Crippen molar-refractivity contribution in [3.63, 3.8) is 0 Å². The van der Waals surface area contributed by atoms with Gasteiger partial charge in [0.05, 0.1) is 0 Å². The molecule has 0 radical (unpaired) electrons. The average Bonchev–Trinajstić information content (AvgIpc) is 2.22. The van der Waals surface area contributed by atoms with Crippen molar-refractivity contribution in [1.29, 1.82) is 0 Å². The quantitative estimate of drug-likeness (QED) is 0.822. The van der Waals surface area contributed by atoms with Crippen molar-refractivity contribution in [2.45, 2.75) is 40.2 Å². The largest absolute Gasteiger partial charge is 0.384 e. The van der Waals surface area contributed by atoms with Crippen LogP contribution in [0.15, 0.2) is 18.2 Å². The first kappa shape index (κ1) is 13.6. The van der Waals surface area contributed by atoms with E-state index in [1.165, 1.54) is 11.1 Å². The fraction of sp³-hybridized carbons (Fsp3) is 0.500. The smallest absolute Gasteiger partial charge is 0.221 e. The zero-order valence-electron chi connectivity index (χ0n) is 11.1. The molecule has 0 fully saturated rings. The summed E-state index contributed by atoms with van der Waals surface area (Å²) in [6, 6.07) is 6.50. The van der Waals surface area contributed by atoms with Crippen molar-refractivity contribution in [3.8, 4) is 0 Å². The van der Waals surface area contributed by atoms with Crippen LogP contribution in [0, 0.1) is 13.8 Å². The number of aryl methyl sites for hydroxylation is 2. The number of benzene rings is 1. The van der Waals surface area contributed by atoms with Crippen LogP contribution in [0.3, 0.4) is 0 Å². The van der Waals surface area contributed by atoms with Crippen molar-refractivity contribution in [1.82, 2.24) is 5.32 Å². The van der Waals surface area contributed by atoms with Gasteiger partial charge in [-0.2, -0.15) is 0 Å². The Morgan fingerprint density at radius 2 is 2.00 bits per heavy atom. The number of amides is 1. The second-order valence-electron chi connectivity index (χ2n) is 4.72. The monoisotopic (exact) mass is 234 g/mol. The fourth-order valence-electron chi connectivity index (χ4n) is 1.63. The fourth-order valence-corrected chi connectivity index (χ4v) is 1.63. The molecule has 0 atom stereocenters. The Kier molecular flexibility index (Phi) is 5.01. The molecule has 0 bridgehead atoms. The third-order valence-electron chi connectivity index (χ3n) is 2.51. The second-order valence-corrected chi connectivity index (χ2v) is 4.72. The highest BCUT2D eigenvalue weighted by Gasteiger charge is 2.03. The lowest BCUT2D eigenvalue weighted by Crippen LogP contribution is -2.31. The average molecular weight is 234 g/mol. The van der Waals surface area contributed by atoms with Gasteiger partial charge in [0, 0.05) is 24.7 Å². The Hall–Kier alpha value is -1.51. The lowest BCUT2D eigenvalue weighted by molar-refractivity contribution is -0.121. The van der Waals surface area contributed by atoms with Gasteiger partial charge < -0.3 is 10.6 Å². The Morgan fingerprint density at radius 1 is 1.29 bits per heavy atom. The van der Waals surface area contributed by atoms with E-state index in [9.17, 15) is 4.79 Å². The van der Waals surface area contributed by atoms with Gasteiger partial charge in [-0.05, 0) is 44.9 Å². The van der Waals surface area contributed by atoms with Crippen molar-refractivity contribution < 1.29 is 4.79 Å². The predicted octanol–water partition coefficient (Wildman–Crippen LogP) is 2.63. The molecule has 0 spiro atoms. The minimum atomic E-state index is 0.0952. The molecule has 0 saturated carbocycles. The number of rotatable bonds is 5. The van der Waals surface area contributed by atoms with Gasteiger partial charge in [-0.15, -0.1) is 0 Å². The van der Waals surface area contributed by atoms with Crippen LogP contribution in [0.1, 0.15) is 31.4 Å². The molecular formula is C14H22N2O. The van der Waals surface area contributed by atoms with E-state index in [0.717, 1.165) is 5.69 Å². The lowest BCUT2D eigenvalue weighted by Gasteiger charge is -2.11. The maximum Gasteiger partial charge on any atom is 0.221 e. The van der Waals surface area contributed by atoms with Crippen LogP contribution in [0.5, 0.6) is 0 Å². The number of carbonyl (C=O) groups excluding carboxylic acids is 1. The van der Waals surface area contributed by atoms with E-state index in [1.54, 1.807) is 0 Å². The second kappa shape index (κ2) is 6.28. The van der Waals surface area contributed by atoms with Crippen LogP contribution in [-0.2, 0) is 4.79 Å². The molecule has 0 aliphatic rings. The van der Waals surface area contributed by atoms with E-state index in [1.807, 2.05) is 13.8 Å². The Morgan fingerprint density at radius 3 is 2.65 bits per heavy atom. The van der Waals surface area contributed by atoms with Crippen LogP contribution in [0.25, 0.3) is 0 Å². The van der Waals surface area contributed by atoms with Crippen LogP contribution in [0.4, 0.5) is 5.69 Å².